The molecule has 4 aliphatic carbocycles. The number of ether oxygens (including phenoxy) is 1. The lowest BCUT2D eigenvalue weighted by Crippen LogP contribution is -2.32. The zero-order valence-electron chi connectivity index (χ0n) is 30.3. The van der Waals surface area contributed by atoms with Crippen LogP contribution in [0.15, 0.2) is 60.7 Å². The van der Waals surface area contributed by atoms with Crippen LogP contribution in [0.3, 0.4) is 0 Å². The molecular weight excluding hydrogens is 647 g/mol. The molecular formula is C50H41NO2. The van der Waals surface area contributed by atoms with E-state index in [0.717, 1.165) is 38.6 Å². The van der Waals surface area contributed by atoms with Gasteiger partial charge in [-0.25, -0.2) is 0 Å². The Morgan fingerprint density at radius 3 is 2.25 bits per heavy atom. The van der Waals surface area contributed by atoms with Crippen LogP contribution in [0.1, 0.15) is 114 Å². The number of fused-ring (bicyclic) bond motifs is 3. The normalized spacial score (nSPS) is 22.4. The van der Waals surface area contributed by atoms with Gasteiger partial charge in [-0.05, 0) is 152 Å². The quantitative estimate of drug-likeness (QED) is 0.0814. The maximum atomic E-state index is 13.7. The Hall–Kier alpha value is -4.73. The van der Waals surface area contributed by atoms with Gasteiger partial charge in [-0.2, -0.15) is 0 Å². The molecule has 4 atom stereocenters. The molecule has 0 bridgehead atoms. The molecule has 0 spiro atoms. The van der Waals surface area contributed by atoms with Gasteiger partial charge in [0.05, 0.1) is 13.2 Å². The summed E-state index contributed by atoms with van der Waals surface area (Å²) in [5.74, 6) is 1.11. The maximum Gasteiger partial charge on any atom is 0.320 e. The Balaban J connectivity index is 0.999. The third-order valence-electron chi connectivity index (χ3n) is 15.2. The number of rotatable bonds is 10. The van der Waals surface area contributed by atoms with Gasteiger partial charge in [0.1, 0.15) is 0 Å². The molecule has 4 unspecified atom stereocenters. The average Bonchev–Trinajstić information content (AvgIpc) is 3.98. The van der Waals surface area contributed by atoms with Crippen molar-refractivity contribution in [2.24, 2.45) is 0 Å². The molecule has 1 saturated heterocycles. The Morgan fingerprint density at radius 1 is 0.660 bits per heavy atom. The number of unbranched alkanes of at least 4 members (excludes halogenated alkanes) is 5. The zero-order valence-corrected chi connectivity index (χ0v) is 30.3. The number of carbonyl (C=O) groups excluding carboxylic acids is 1. The molecule has 0 radical (unpaired) electrons. The number of esters is 1. The van der Waals surface area contributed by atoms with E-state index in [1.54, 1.807) is 92.3 Å². The molecule has 0 N–H and O–H groups in total. The van der Waals surface area contributed by atoms with Gasteiger partial charge < -0.3 is 4.74 Å². The molecule has 0 amide bonds. The van der Waals surface area contributed by atoms with Gasteiger partial charge in [0.15, 0.2) is 0 Å². The van der Waals surface area contributed by atoms with Crippen molar-refractivity contribution < 1.29 is 9.53 Å². The molecule has 14 rings (SSSR count). The van der Waals surface area contributed by atoms with Crippen molar-refractivity contribution >= 4 is 81.4 Å². The van der Waals surface area contributed by atoms with Crippen LogP contribution < -0.4 is 0 Å². The SMILES string of the molecule is CCCCCCCCOC(=O)CN1CC2c3cc4c5c6c7c8c(ccc9cc%10c%11c%12c(cc(c%13c3c5c(c%13%12)c7c%11c98)C2C1c1ccccc1)C%10)CC6C4. The van der Waals surface area contributed by atoms with E-state index in [0.29, 0.717) is 25.0 Å². The van der Waals surface area contributed by atoms with Gasteiger partial charge >= 0.3 is 5.97 Å². The molecule has 53 heavy (non-hydrogen) atoms. The minimum Gasteiger partial charge on any atom is -0.465 e. The summed E-state index contributed by atoms with van der Waals surface area (Å²) >= 11 is 0. The van der Waals surface area contributed by atoms with Crippen molar-refractivity contribution in [3.63, 3.8) is 0 Å². The fourth-order valence-corrected chi connectivity index (χ4v) is 13.5. The monoisotopic (exact) mass is 687 g/mol. The van der Waals surface area contributed by atoms with Crippen molar-refractivity contribution in [3.8, 4) is 0 Å². The van der Waals surface area contributed by atoms with Crippen LogP contribution in [0.5, 0.6) is 0 Å². The Bertz CT molecular complexity index is 3050. The zero-order chi connectivity index (χ0) is 34.4. The van der Waals surface area contributed by atoms with Gasteiger partial charge in [0, 0.05) is 24.4 Å². The van der Waals surface area contributed by atoms with Crippen LogP contribution in [0, 0.1) is 0 Å². The number of benzene rings is 7. The Kier molecular flexibility index (Phi) is 5.25. The second kappa shape index (κ2) is 9.68. The molecule has 9 aromatic rings. The second-order valence-corrected chi connectivity index (χ2v) is 17.7. The van der Waals surface area contributed by atoms with E-state index in [9.17, 15) is 4.79 Å². The molecule has 3 heteroatoms. The maximum absolute atomic E-state index is 13.7. The molecule has 1 heterocycles. The van der Waals surface area contributed by atoms with Crippen molar-refractivity contribution in [2.45, 2.75) is 88.5 Å². The first kappa shape index (κ1) is 28.7. The van der Waals surface area contributed by atoms with Crippen molar-refractivity contribution in [3.05, 3.63) is 105 Å². The van der Waals surface area contributed by atoms with Crippen LogP contribution in [-0.4, -0.2) is 30.6 Å². The Labute approximate surface area is 308 Å². The van der Waals surface area contributed by atoms with E-state index in [1.165, 1.54) is 53.3 Å². The van der Waals surface area contributed by atoms with Crippen LogP contribution >= 0.6 is 0 Å². The highest BCUT2D eigenvalue weighted by Crippen LogP contribution is 2.67. The van der Waals surface area contributed by atoms with E-state index >= 15 is 0 Å². The molecule has 5 aliphatic rings. The van der Waals surface area contributed by atoms with E-state index < -0.39 is 0 Å². The second-order valence-electron chi connectivity index (χ2n) is 17.7. The Morgan fingerprint density at radius 2 is 1.36 bits per heavy atom. The van der Waals surface area contributed by atoms with Crippen molar-refractivity contribution in [1.29, 1.82) is 0 Å². The van der Waals surface area contributed by atoms with Gasteiger partial charge in [-0.1, -0.05) is 99.7 Å². The molecule has 3 nitrogen and oxygen atoms in total. The number of likely N-dealkylation sites (tertiary alicyclic amines) is 1. The summed E-state index contributed by atoms with van der Waals surface area (Å²) < 4.78 is 5.97. The smallest absolute Gasteiger partial charge is 0.320 e. The van der Waals surface area contributed by atoms with Gasteiger partial charge in [-0.15, -0.1) is 0 Å². The van der Waals surface area contributed by atoms with Crippen molar-refractivity contribution in [1.82, 2.24) is 4.90 Å². The standard InChI is InChI=1S/C50H41NO2/c1-2-3-4-5-6-10-15-53-34(52)23-51-22-33-31-20-29-18-27-16-25-13-14-26-17-28-19-30-21-32(41(33)50(51)24-11-8-7-9-12-24)43-42(31)46-39(29)37(27)44-35(25)36(26)45-38(28)40(30)47(43)49(46)48(44)45/h7-9,11-14,17,20-21,27,33,41,50H,2-6,10,15-16,18-19,22-23H2,1H3. The summed E-state index contributed by atoms with van der Waals surface area (Å²) in [5.41, 5.74) is 12.3. The third kappa shape index (κ3) is 3.23. The molecule has 9 aromatic carbocycles. The van der Waals surface area contributed by atoms with Gasteiger partial charge in [0.25, 0.3) is 0 Å². The van der Waals surface area contributed by atoms with Crippen LogP contribution in [0.4, 0.5) is 0 Å². The first-order valence-electron chi connectivity index (χ1n) is 20.7. The summed E-state index contributed by atoms with van der Waals surface area (Å²) in [7, 11) is 0. The topological polar surface area (TPSA) is 29.5 Å². The fraction of sp³-hybridized carbons (Fsp3) is 0.340. The van der Waals surface area contributed by atoms with Crippen molar-refractivity contribution in [2.75, 3.05) is 19.7 Å². The summed E-state index contributed by atoms with van der Waals surface area (Å²) in [6.45, 7) is 4.02. The van der Waals surface area contributed by atoms with Crippen LogP contribution in [-0.2, 0) is 28.8 Å². The average molecular weight is 688 g/mol. The highest BCUT2D eigenvalue weighted by atomic mass is 16.5. The lowest BCUT2D eigenvalue weighted by Gasteiger charge is -2.33. The first-order chi connectivity index (χ1) is 26.2. The number of hydrogen-bond donors (Lipinski definition) is 0. The highest BCUT2D eigenvalue weighted by Gasteiger charge is 2.51. The van der Waals surface area contributed by atoms with E-state index in [-0.39, 0.29) is 17.9 Å². The first-order valence-corrected chi connectivity index (χ1v) is 20.7. The molecule has 0 aromatic heterocycles. The summed E-state index contributed by atoms with van der Waals surface area (Å²) in [5, 5.41) is 22.0. The number of carbonyl (C=O) groups is 1. The molecule has 1 aliphatic heterocycles. The predicted octanol–water partition coefficient (Wildman–Crippen LogP) is 11.8. The largest absolute Gasteiger partial charge is 0.465 e. The summed E-state index contributed by atoms with van der Waals surface area (Å²) in [4.78, 5) is 16.2. The lowest BCUT2D eigenvalue weighted by atomic mass is 9.71. The van der Waals surface area contributed by atoms with E-state index in [4.69, 9.17) is 4.74 Å². The molecule has 258 valence electrons. The van der Waals surface area contributed by atoms with E-state index in [1.807, 2.05) is 0 Å². The predicted molar refractivity (Wildman–Crippen MR) is 217 cm³/mol. The number of nitrogens with zero attached hydrogens (tertiary/aromatic N) is 1. The lowest BCUT2D eigenvalue weighted by molar-refractivity contribution is -0.145. The third-order valence-corrected chi connectivity index (χ3v) is 15.2. The molecule has 0 saturated carbocycles. The molecule has 1 fully saturated rings. The minimum absolute atomic E-state index is 0.0663. The fourth-order valence-electron chi connectivity index (χ4n) is 13.5. The number of hydrogen-bond acceptors (Lipinski definition) is 3. The van der Waals surface area contributed by atoms with Crippen LogP contribution in [0.2, 0.25) is 0 Å². The van der Waals surface area contributed by atoms with Gasteiger partial charge in [-0.3, -0.25) is 9.69 Å². The van der Waals surface area contributed by atoms with Gasteiger partial charge in [0.2, 0.25) is 0 Å². The van der Waals surface area contributed by atoms with E-state index in [2.05, 4.69) is 72.5 Å². The summed E-state index contributed by atoms with van der Waals surface area (Å²) in [6, 6.07) is 24.1. The summed E-state index contributed by atoms with van der Waals surface area (Å²) in [6.07, 6.45) is 10.5. The van der Waals surface area contributed by atoms with Crippen LogP contribution in [0.25, 0.3) is 75.4 Å². The highest BCUT2D eigenvalue weighted by molar-refractivity contribution is 6.55. The minimum atomic E-state index is -0.0663.